The average molecular weight is 552 g/mol. The number of hydrogen-bond acceptors (Lipinski definition) is 6. The molecule has 9 heteroatoms. The van der Waals surface area contributed by atoms with Crippen molar-refractivity contribution >= 4 is 51.5 Å². The van der Waals surface area contributed by atoms with E-state index in [1.807, 2.05) is 48.5 Å². The summed E-state index contributed by atoms with van der Waals surface area (Å²) in [4.78, 5) is 25.4. The van der Waals surface area contributed by atoms with E-state index in [9.17, 15) is 9.59 Å². The van der Waals surface area contributed by atoms with Crippen LogP contribution in [0.5, 0.6) is 11.5 Å². The molecule has 40 heavy (non-hydrogen) atoms. The lowest BCUT2D eigenvalue weighted by atomic mass is 10.2. The summed E-state index contributed by atoms with van der Waals surface area (Å²) >= 11 is 5.32. The summed E-state index contributed by atoms with van der Waals surface area (Å²) in [7, 11) is 1.49. The fourth-order valence-electron chi connectivity index (χ4n) is 3.93. The summed E-state index contributed by atoms with van der Waals surface area (Å²) in [6.45, 7) is 0.437. The summed E-state index contributed by atoms with van der Waals surface area (Å²) in [5.41, 5.74) is 3.12. The highest BCUT2D eigenvalue weighted by atomic mass is 32.1. The zero-order valence-corrected chi connectivity index (χ0v) is 22.3. The molecular formula is C31H25N3O5S. The fraction of sp³-hybridized carbons (Fsp3) is 0.0645. The number of nitrogens with one attached hydrogen (secondary N) is 3. The number of furan rings is 1. The van der Waals surface area contributed by atoms with E-state index in [1.54, 1.807) is 54.6 Å². The number of thiocarbonyl (C=S) groups is 1. The summed E-state index contributed by atoms with van der Waals surface area (Å²) in [6.07, 6.45) is 0. The van der Waals surface area contributed by atoms with Gasteiger partial charge in [0.05, 0.1) is 12.8 Å². The minimum atomic E-state index is -0.408. The quantitative estimate of drug-likeness (QED) is 0.192. The van der Waals surface area contributed by atoms with Crippen LogP contribution in [0.4, 0.5) is 11.4 Å². The second kappa shape index (κ2) is 12.1. The minimum Gasteiger partial charge on any atom is -0.494 e. The van der Waals surface area contributed by atoms with Gasteiger partial charge in [-0.3, -0.25) is 14.9 Å². The Morgan fingerprint density at radius 1 is 0.825 bits per heavy atom. The lowest BCUT2D eigenvalue weighted by Crippen LogP contribution is -2.34. The Hall–Kier alpha value is -5.15. The van der Waals surface area contributed by atoms with Crippen molar-refractivity contribution < 1.29 is 23.5 Å². The van der Waals surface area contributed by atoms with Gasteiger partial charge in [-0.05, 0) is 66.3 Å². The lowest BCUT2D eigenvalue weighted by molar-refractivity contribution is 0.0975. The second-order valence-electron chi connectivity index (χ2n) is 8.72. The summed E-state index contributed by atoms with van der Waals surface area (Å²) in [5.74, 6) is 0.462. The fourth-order valence-corrected chi connectivity index (χ4v) is 4.14. The smallest absolute Gasteiger partial charge is 0.291 e. The maximum Gasteiger partial charge on any atom is 0.291 e. The van der Waals surface area contributed by atoms with Crippen LogP contribution in [0.3, 0.4) is 0 Å². The third kappa shape index (κ3) is 6.46. The molecule has 1 aromatic heterocycles. The zero-order valence-electron chi connectivity index (χ0n) is 21.5. The molecule has 0 saturated heterocycles. The highest BCUT2D eigenvalue weighted by Crippen LogP contribution is 2.29. The predicted molar refractivity (Wildman–Crippen MR) is 158 cm³/mol. The van der Waals surface area contributed by atoms with Crippen LogP contribution >= 0.6 is 12.2 Å². The van der Waals surface area contributed by atoms with Crippen molar-refractivity contribution in [1.82, 2.24) is 5.32 Å². The first-order valence-electron chi connectivity index (χ1n) is 12.4. The number of para-hydroxylation sites is 1. The van der Waals surface area contributed by atoms with Crippen LogP contribution in [0.15, 0.2) is 108 Å². The zero-order chi connectivity index (χ0) is 27.9. The maximum absolute atomic E-state index is 12.7. The number of amides is 2. The number of carbonyl (C=O) groups excluding carboxylic acids is 2. The van der Waals surface area contributed by atoms with Crippen LogP contribution in [-0.2, 0) is 6.61 Å². The van der Waals surface area contributed by atoms with Gasteiger partial charge in [0.25, 0.3) is 11.8 Å². The molecule has 0 atom stereocenters. The molecule has 0 unspecified atom stereocenters. The van der Waals surface area contributed by atoms with Crippen LogP contribution in [0.25, 0.3) is 11.0 Å². The number of benzene rings is 4. The van der Waals surface area contributed by atoms with Crippen molar-refractivity contribution in [1.29, 1.82) is 0 Å². The van der Waals surface area contributed by atoms with E-state index in [2.05, 4.69) is 16.0 Å². The normalized spacial score (nSPS) is 10.5. The molecule has 0 saturated carbocycles. The molecule has 0 spiro atoms. The van der Waals surface area contributed by atoms with Gasteiger partial charge in [0.15, 0.2) is 10.9 Å². The van der Waals surface area contributed by atoms with E-state index in [-0.39, 0.29) is 16.8 Å². The van der Waals surface area contributed by atoms with Gasteiger partial charge in [-0.1, -0.05) is 48.5 Å². The van der Waals surface area contributed by atoms with Crippen molar-refractivity contribution in [3.8, 4) is 11.5 Å². The third-order valence-electron chi connectivity index (χ3n) is 5.95. The highest BCUT2D eigenvalue weighted by molar-refractivity contribution is 7.80. The molecule has 4 aromatic carbocycles. The van der Waals surface area contributed by atoms with E-state index in [0.29, 0.717) is 40.6 Å². The Labute approximate surface area is 235 Å². The standard InChI is InChI=1S/C31H25N3O5S/c1-37-27-18-23(13-16-25(27)33-30(36)28-17-22-9-5-6-10-26(22)39-28)32-31(40)34-29(35)21-11-14-24(15-12-21)38-19-20-7-3-2-4-8-20/h2-18H,19H2,1H3,(H,33,36)(H2,32,34,35,40). The van der Waals surface area contributed by atoms with Crippen molar-refractivity contribution in [2.75, 3.05) is 17.7 Å². The van der Waals surface area contributed by atoms with Gasteiger partial charge in [0.1, 0.15) is 23.7 Å². The Kier molecular flexibility index (Phi) is 8.03. The summed E-state index contributed by atoms with van der Waals surface area (Å²) < 4.78 is 16.8. The van der Waals surface area contributed by atoms with Gasteiger partial charge >= 0.3 is 0 Å². The first-order valence-corrected chi connectivity index (χ1v) is 12.8. The van der Waals surface area contributed by atoms with Crippen LogP contribution in [-0.4, -0.2) is 24.0 Å². The first-order chi connectivity index (χ1) is 19.5. The van der Waals surface area contributed by atoms with Crippen LogP contribution < -0.4 is 25.4 Å². The Morgan fingerprint density at radius 2 is 1.57 bits per heavy atom. The lowest BCUT2D eigenvalue weighted by Gasteiger charge is -2.14. The Bertz CT molecular complexity index is 1630. The van der Waals surface area contributed by atoms with Crippen LogP contribution in [0, 0.1) is 0 Å². The molecular weight excluding hydrogens is 526 g/mol. The van der Waals surface area contributed by atoms with Crippen molar-refractivity contribution in [3.63, 3.8) is 0 Å². The molecule has 200 valence electrons. The SMILES string of the molecule is COc1cc(NC(=S)NC(=O)c2ccc(OCc3ccccc3)cc2)ccc1NC(=O)c1cc2ccccc2o1. The molecule has 0 aliphatic heterocycles. The Morgan fingerprint density at radius 3 is 2.33 bits per heavy atom. The number of fused-ring (bicyclic) bond motifs is 1. The largest absolute Gasteiger partial charge is 0.494 e. The number of methoxy groups -OCH3 is 1. The monoisotopic (exact) mass is 551 g/mol. The van der Waals surface area contributed by atoms with Gasteiger partial charge in [-0.2, -0.15) is 0 Å². The van der Waals surface area contributed by atoms with Gasteiger partial charge in [0, 0.05) is 22.7 Å². The van der Waals surface area contributed by atoms with Gasteiger partial charge < -0.3 is 24.5 Å². The number of carbonyl (C=O) groups is 2. The molecule has 1 heterocycles. The second-order valence-corrected chi connectivity index (χ2v) is 9.13. The van der Waals surface area contributed by atoms with Gasteiger partial charge in [-0.25, -0.2) is 0 Å². The first kappa shape index (κ1) is 26.5. The van der Waals surface area contributed by atoms with E-state index in [1.165, 1.54) is 7.11 Å². The topological polar surface area (TPSA) is 102 Å². The molecule has 3 N–H and O–H groups in total. The third-order valence-corrected chi connectivity index (χ3v) is 6.15. The molecule has 5 rings (SSSR count). The van der Waals surface area contributed by atoms with E-state index in [4.69, 9.17) is 26.1 Å². The molecule has 2 amide bonds. The maximum atomic E-state index is 12.7. The van der Waals surface area contributed by atoms with E-state index >= 15 is 0 Å². The molecule has 0 aliphatic carbocycles. The van der Waals surface area contributed by atoms with Crippen LogP contribution in [0.1, 0.15) is 26.5 Å². The van der Waals surface area contributed by atoms with Crippen molar-refractivity contribution in [2.45, 2.75) is 6.61 Å². The van der Waals surface area contributed by atoms with Crippen molar-refractivity contribution in [2.24, 2.45) is 0 Å². The molecule has 0 aliphatic rings. The number of rotatable bonds is 8. The average Bonchev–Trinajstić information content (AvgIpc) is 3.42. The van der Waals surface area contributed by atoms with Gasteiger partial charge in [0.2, 0.25) is 0 Å². The molecule has 8 nitrogen and oxygen atoms in total. The van der Waals surface area contributed by atoms with E-state index in [0.717, 1.165) is 10.9 Å². The summed E-state index contributed by atoms with van der Waals surface area (Å²) in [5, 5.41) is 9.36. The Balaban J connectivity index is 1.16. The molecule has 0 radical (unpaired) electrons. The number of anilines is 2. The van der Waals surface area contributed by atoms with Gasteiger partial charge in [-0.15, -0.1) is 0 Å². The number of ether oxygens (including phenoxy) is 2. The molecule has 0 fully saturated rings. The van der Waals surface area contributed by atoms with E-state index < -0.39 is 5.91 Å². The molecule has 0 bridgehead atoms. The van der Waals surface area contributed by atoms with Crippen LogP contribution in [0.2, 0.25) is 0 Å². The van der Waals surface area contributed by atoms with Crippen molar-refractivity contribution in [3.05, 3.63) is 120 Å². The minimum absolute atomic E-state index is 0.107. The summed E-state index contributed by atoms with van der Waals surface area (Å²) in [6, 6.07) is 30.7. The number of hydrogen-bond donors (Lipinski definition) is 3. The highest BCUT2D eigenvalue weighted by Gasteiger charge is 2.15. The molecule has 5 aromatic rings. The predicted octanol–water partition coefficient (Wildman–Crippen LogP) is 6.40.